The number of sulfonamides is 1. The van der Waals surface area contributed by atoms with Crippen molar-refractivity contribution in [3.63, 3.8) is 0 Å². The third-order valence-corrected chi connectivity index (χ3v) is 5.77. The van der Waals surface area contributed by atoms with Crippen LogP contribution >= 0.6 is 0 Å². The summed E-state index contributed by atoms with van der Waals surface area (Å²) >= 11 is 0. The van der Waals surface area contributed by atoms with Crippen LogP contribution in [0.5, 0.6) is 11.5 Å². The van der Waals surface area contributed by atoms with Gasteiger partial charge in [0.25, 0.3) is 0 Å². The zero-order valence-electron chi connectivity index (χ0n) is 15.8. The van der Waals surface area contributed by atoms with E-state index in [1.807, 2.05) is 0 Å². The summed E-state index contributed by atoms with van der Waals surface area (Å²) in [5.74, 6) is 0.523. The average Bonchev–Trinajstić information content (AvgIpc) is 2.67. The Hall–Kier alpha value is -2.58. The van der Waals surface area contributed by atoms with E-state index in [1.165, 1.54) is 49.8 Å². The minimum Gasteiger partial charge on any atom is -0.493 e. The molecule has 0 N–H and O–H groups in total. The number of nitrogens with zero attached hydrogens (tertiary/aromatic N) is 1. The summed E-state index contributed by atoms with van der Waals surface area (Å²) in [6.45, 7) is 2.06. The van der Waals surface area contributed by atoms with Crippen molar-refractivity contribution < 1.29 is 27.4 Å². The minimum atomic E-state index is -3.75. The van der Waals surface area contributed by atoms with Crippen molar-refractivity contribution in [2.75, 3.05) is 27.9 Å². The molecular formula is C19H23NO6S. The van der Waals surface area contributed by atoms with Crippen LogP contribution in [0.25, 0.3) is 0 Å². The Balaban J connectivity index is 2.25. The first-order valence-corrected chi connectivity index (χ1v) is 9.72. The van der Waals surface area contributed by atoms with E-state index in [4.69, 9.17) is 14.2 Å². The van der Waals surface area contributed by atoms with Gasteiger partial charge in [-0.2, -0.15) is 4.31 Å². The lowest BCUT2D eigenvalue weighted by Crippen LogP contribution is -2.26. The molecule has 7 nitrogen and oxygen atoms in total. The minimum absolute atomic E-state index is 0.0833. The number of esters is 1. The zero-order chi connectivity index (χ0) is 20.0. The second-order valence-corrected chi connectivity index (χ2v) is 7.70. The first kappa shape index (κ1) is 20.7. The Bertz CT molecular complexity index is 893. The third-order valence-electron chi connectivity index (χ3n) is 3.95. The second kappa shape index (κ2) is 8.88. The first-order chi connectivity index (χ1) is 12.8. The van der Waals surface area contributed by atoms with Gasteiger partial charge in [-0.05, 0) is 37.3 Å². The van der Waals surface area contributed by atoms with Crippen molar-refractivity contribution in [1.82, 2.24) is 4.31 Å². The summed E-state index contributed by atoms with van der Waals surface area (Å²) < 4.78 is 42.4. The molecule has 0 aromatic heterocycles. The average molecular weight is 393 g/mol. The maximum Gasteiger partial charge on any atom is 0.338 e. The van der Waals surface area contributed by atoms with E-state index in [2.05, 4.69) is 0 Å². The lowest BCUT2D eigenvalue weighted by molar-refractivity contribution is 0.0526. The van der Waals surface area contributed by atoms with Gasteiger partial charge in [-0.25, -0.2) is 13.2 Å². The number of para-hydroxylation sites is 1. The summed E-state index contributed by atoms with van der Waals surface area (Å²) in [6, 6.07) is 10.9. The molecule has 0 radical (unpaired) electrons. The van der Waals surface area contributed by atoms with Crippen LogP contribution in [-0.2, 0) is 21.3 Å². The van der Waals surface area contributed by atoms with Crippen LogP contribution < -0.4 is 9.47 Å². The molecule has 0 aliphatic rings. The lowest BCUT2D eigenvalue weighted by atomic mass is 10.2. The number of hydrogen-bond acceptors (Lipinski definition) is 6. The molecule has 0 saturated heterocycles. The Morgan fingerprint density at radius 2 is 1.70 bits per heavy atom. The highest BCUT2D eigenvalue weighted by molar-refractivity contribution is 7.89. The van der Waals surface area contributed by atoms with E-state index in [1.54, 1.807) is 25.1 Å². The number of carbonyl (C=O) groups is 1. The third kappa shape index (κ3) is 4.58. The SMILES string of the molecule is CCOC(=O)c1ccc(S(=O)(=O)N(C)Cc2cccc(OC)c2OC)cc1. The molecule has 0 aliphatic heterocycles. The van der Waals surface area contributed by atoms with Gasteiger partial charge in [0.05, 0.1) is 31.3 Å². The van der Waals surface area contributed by atoms with Gasteiger partial charge >= 0.3 is 5.97 Å². The summed E-state index contributed by atoms with van der Waals surface area (Å²) in [6.07, 6.45) is 0. The predicted octanol–water partition coefficient (Wildman–Crippen LogP) is 2.70. The van der Waals surface area contributed by atoms with E-state index in [0.29, 0.717) is 22.6 Å². The van der Waals surface area contributed by atoms with Crippen LogP contribution in [0.1, 0.15) is 22.8 Å². The van der Waals surface area contributed by atoms with Gasteiger partial charge in [0, 0.05) is 19.2 Å². The van der Waals surface area contributed by atoms with Crippen LogP contribution in [0, 0.1) is 0 Å². The number of hydrogen-bond donors (Lipinski definition) is 0. The Kier molecular flexibility index (Phi) is 6.81. The molecule has 0 heterocycles. The van der Waals surface area contributed by atoms with Gasteiger partial charge in [-0.15, -0.1) is 0 Å². The van der Waals surface area contributed by atoms with Crippen LogP contribution in [0.2, 0.25) is 0 Å². The largest absolute Gasteiger partial charge is 0.493 e. The zero-order valence-corrected chi connectivity index (χ0v) is 16.6. The van der Waals surface area contributed by atoms with Crippen LogP contribution in [-0.4, -0.2) is 46.6 Å². The highest BCUT2D eigenvalue weighted by Gasteiger charge is 2.23. The van der Waals surface area contributed by atoms with Crippen molar-refractivity contribution in [3.8, 4) is 11.5 Å². The molecule has 0 atom stereocenters. The Morgan fingerprint density at radius 3 is 2.26 bits per heavy atom. The highest BCUT2D eigenvalue weighted by atomic mass is 32.2. The monoisotopic (exact) mass is 393 g/mol. The van der Waals surface area contributed by atoms with Crippen molar-refractivity contribution >= 4 is 16.0 Å². The summed E-state index contributed by atoms with van der Waals surface area (Å²) in [5, 5.41) is 0. The molecule has 8 heteroatoms. The fourth-order valence-electron chi connectivity index (χ4n) is 2.56. The topological polar surface area (TPSA) is 82.1 Å². The molecule has 0 aliphatic carbocycles. The fourth-order valence-corrected chi connectivity index (χ4v) is 3.71. The number of carbonyl (C=O) groups excluding carboxylic acids is 1. The van der Waals surface area contributed by atoms with Gasteiger partial charge in [-0.3, -0.25) is 0 Å². The maximum absolute atomic E-state index is 12.8. The summed E-state index contributed by atoms with van der Waals surface area (Å²) in [5.41, 5.74) is 0.971. The molecular weight excluding hydrogens is 370 g/mol. The Morgan fingerprint density at radius 1 is 1.04 bits per heavy atom. The second-order valence-electron chi connectivity index (χ2n) is 5.66. The van der Waals surface area contributed by atoms with Crippen LogP contribution in [0.4, 0.5) is 0 Å². The van der Waals surface area contributed by atoms with E-state index < -0.39 is 16.0 Å². The van der Waals surface area contributed by atoms with Crippen molar-refractivity contribution in [2.45, 2.75) is 18.4 Å². The molecule has 2 aromatic carbocycles. The van der Waals surface area contributed by atoms with Crippen LogP contribution in [0.15, 0.2) is 47.4 Å². The summed E-state index contributed by atoms with van der Waals surface area (Å²) in [4.78, 5) is 11.8. The molecule has 0 unspecified atom stereocenters. The first-order valence-electron chi connectivity index (χ1n) is 8.28. The normalized spacial score (nSPS) is 11.3. The molecule has 146 valence electrons. The molecule has 0 amide bonds. The molecule has 2 rings (SSSR count). The smallest absolute Gasteiger partial charge is 0.338 e. The molecule has 0 bridgehead atoms. The van der Waals surface area contributed by atoms with E-state index >= 15 is 0 Å². The standard InChI is InChI=1S/C19H23NO6S/c1-5-26-19(21)14-9-11-16(12-10-14)27(22,23)20(2)13-15-7-6-8-17(24-3)18(15)25-4/h6-12H,5,13H2,1-4H3. The summed E-state index contributed by atoms with van der Waals surface area (Å²) in [7, 11) is 0.753. The van der Waals surface area contributed by atoms with Gasteiger partial charge in [-0.1, -0.05) is 12.1 Å². The van der Waals surface area contributed by atoms with E-state index in [0.717, 1.165) is 0 Å². The lowest BCUT2D eigenvalue weighted by Gasteiger charge is -2.20. The fraction of sp³-hybridized carbons (Fsp3) is 0.316. The van der Waals surface area contributed by atoms with Gasteiger partial charge < -0.3 is 14.2 Å². The number of rotatable bonds is 8. The van der Waals surface area contributed by atoms with Crippen molar-refractivity contribution in [2.24, 2.45) is 0 Å². The maximum atomic E-state index is 12.8. The molecule has 0 saturated carbocycles. The van der Waals surface area contributed by atoms with Gasteiger partial charge in [0.2, 0.25) is 10.0 Å². The molecule has 2 aromatic rings. The molecule has 0 fully saturated rings. The number of ether oxygens (including phenoxy) is 3. The van der Waals surface area contributed by atoms with Gasteiger partial charge in [0.1, 0.15) is 0 Å². The van der Waals surface area contributed by atoms with Crippen molar-refractivity contribution in [1.29, 1.82) is 0 Å². The number of benzene rings is 2. The Labute approximate surface area is 159 Å². The highest BCUT2D eigenvalue weighted by Crippen LogP contribution is 2.32. The molecule has 0 spiro atoms. The predicted molar refractivity (Wildman–Crippen MR) is 101 cm³/mol. The van der Waals surface area contributed by atoms with Crippen molar-refractivity contribution in [3.05, 3.63) is 53.6 Å². The van der Waals surface area contributed by atoms with E-state index in [-0.39, 0.29) is 18.0 Å². The number of methoxy groups -OCH3 is 2. The van der Waals surface area contributed by atoms with E-state index in [9.17, 15) is 13.2 Å². The quantitative estimate of drug-likeness (QED) is 0.642. The van der Waals surface area contributed by atoms with Gasteiger partial charge in [0.15, 0.2) is 11.5 Å². The molecule has 27 heavy (non-hydrogen) atoms. The van der Waals surface area contributed by atoms with Crippen LogP contribution in [0.3, 0.4) is 0 Å².